The third kappa shape index (κ3) is 2.53. The average Bonchev–Trinajstić information content (AvgIpc) is 3.42. The predicted molar refractivity (Wildman–Crippen MR) is 136 cm³/mol. The molecule has 152 valence electrons. The van der Waals surface area contributed by atoms with Gasteiger partial charge in [-0.25, -0.2) is 0 Å². The number of benzene rings is 4. The first-order valence-electron chi connectivity index (χ1n) is 11.2. The summed E-state index contributed by atoms with van der Waals surface area (Å²) in [6.45, 7) is 0. The van der Waals surface area contributed by atoms with Crippen molar-refractivity contribution in [3.63, 3.8) is 0 Å². The highest BCUT2D eigenvalue weighted by Crippen LogP contribution is 2.39. The van der Waals surface area contributed by atoms with Gasteiger partial charge in [-0.15, -0.1) is 0 Å². The fraction of sp³-hybridized carbons (Fsp3) is 0.0667. The SMILES string of the molecule is C1=CC(c2cccc3c2[nH]c2ccccc23)=CC(c2cccc3c2[nH]c2ccccc23)C1. The molecule has 1 aliphatic rings. The first-order valence-corrected chi connectivity index (χ1v) is 11.2. The number of nitrogens with one attached hydrogen (secondary N) is 2. The molecule has 0 aliphatic heterocycles. The first kappa shape index (κ1) is 17.6. The molecule has 32 heavy (non-hydrogen) atoms. The van der Waals surface area contributed by atoms with E-state index in [1.807, 2.05) is 0 Å². The zero-order valence-electron chi connectivity index (χ0n) is 17.6. The van der Waals surface area contributed by atoms with Gasteiger partial charge in [0.1, 0.15) is 0 Å². The van der Waals surface area contributed by atoms with E-state index >= 15 is 0 Å². The molecule has 1 unspecified atom stereocenters. The number of hydrogen-bond acceptors (Lipinski definition) is 0. The van der Waals surface area contributed by atoms with Gasteiger partial charge >= 0.3 is 0 Å². The van der Waals surface area contributed by atoms with Gasteiger partial charge in [-0.2, -0.15) is 0 Å². The molecule has 0 bridgehead atoms. The zero-order valence-corrected chi connectivity index (χ0v) is 17.6. The molecule has 2 heterocycles. The van der Waals surface area contributed by atoms with Gasteiger partial charge in [0.2, 0.25) is 0 Å². The number of allylic oxidation sites excluding steroid dienone is 4. The molecule has 0 spiro atoms. The first-order chi connectivity index (χ1) is 15.9. The number of aromatic amines is 2. The van der Waals surface area contributed by atoms with E-state index in [4.69, 9.17) is 0 Å². The van der Waals surface area contributed by atoms with E-state index in [1.165, 1.54) is 60.3 Å². The second kappa shape index (κ2) is 6.73. The zero-order chi connectivity index (χ0) is 21.1. The summed E-state index contributed by atoms with van der Waals surface area (Å²) in [7, 11) is 0. The van der Waals surface area contributed by atoms with Crippen molar-refractivity contribution in [3.05, 3.63) is 114 Å². The standard InChI is InChI=1S/C30H22N2/c1-3-16-27-23(10-1)25-14-6-12-21(29(25)31-27)19-8-5-9-20(18-19)22-13-7-15-26-24-11-2-4-17-28(24)32-30(22)26/h1-8,10-18,20,31-32H,9H2. The topological polar surface area (TPSA) is 31.6 Å². The van der Waals surface area contributed by atoms with Crippen molar-refractivity contribution < 1.29 is 0 Å². The summed E-state index contributed by atoms with van der Waals surface area (Å²) in [4.78, 5) is 7.35. The van der Waals surface area contributed by atoms with Gasteiger partial charge in [-0.3, -0.25) is 0 Å². The van der Waals surface area contributed by atoms with Gasteiger partial charge in [-0.1, -0.05) is 91.0 Å². The Morgan fingerprint density at radius 2 is 1.22 bits per heavy atom. The van der Waals surface area contributed by atoms with Crippen molar-refractivity contribution in [2.24, 2.45) is 0 Å². The van der Waals surface area contributed by atoms with Crippen LogP contribution in [0.5, 0.6) is 0 Å². The van der Waals surface area contributed by atoms with Crippen molar-refractivity contribution in [3.8, 4) is 0 Å². The third-order valence-corrected chi connectivity index (χ3v) is 6.89. The minimum absolute atomic E-state index is 0.339. The normalized spacial score (nSPS) is 16.4. The predicted octanol–water partition coefficient (Wildman–Crippen LogP) is 8.08. The molecule has 0 saturated heterocycles. The van der Waals surface area contributed by atoms with Gasteiger partial charge < -0.3 is 9.97 Å². The van der Waals surface area contributed by atoms with Gasteiger partial charge in [0, 0.05) is 44.1 Å². The van der Waals surface area contributed by atoms with Gasteiger partial charge in [-0.05, 0) is 29.7 Å². The molecule has 6 aromatic rings. The Bertz CT molecular complexity index is 1710. The van der Waals surface area contributed by atoms with Crippen LogP contribution in [0.25, 0.3) is 49.2 Å². The van der Waals surface area contributed by atoms with Crippen LogP contribution >= 0.6 is 0 Å². The van der Waals surface area contributed by atoms with Crippen molar-refractivity contribution in [2.45, 2.75) is 12.3 Å². The van der Waals surface area contributed by atoms with E-state index in [0.717, 1.165) is 6.42 Å². The molecule has 7 rings (SSSR count). The second-order valence-electron chi connectivity index (χ2n) is 8.71. The van der Waals surface area contributed by atoms with Crippen LogP contribution in [0.3, 0.4) is 0 Å². The maximum atomic E-state index is 3.69. The lowest BCUT2D eigenvalue weighted by Gasteiger charge is -2.19. The quantitative estimate of drug-likeness (QED) is 0.289. The Morgan fingerprint density at radius 1 is 0.594 bits per heavy atom. The highest BCUT2D eigenvalue weighted by atomic mass is 14.7. The molecule has 1 aliphatic carbocycles. The van der Waals surface area contributed by atoms with Crippen LogP contribution in [-0.2, 0) is 0 Å². The molecule has 0 fully saturated rings. The van der Waals surface area contributed by atoms with Crippen LogP contribution in [-0.4, -0.2) is 9.97 Å². The summed E-state index contributed by atoms with van der Waals surface area (Å²) < 4.78 is 0. The lowest BCUT2D eigenvalue weighted by atomic mass is 9.86. The Morgan fingerprint density at radius 3 is 2.00 bits per heavy atom. The smallest absolute Gasteiger partial charge is 0.0544 e. The van der Waals surface area contributed by atoms with Crippen LogP contribution in [0.15, 0.2) is 103 Å². The molecule has 1 atom stereocenters. The number of aromatic nitrogens is 2. The highest BCUT2D eigenvalue weighted by molar-refractivity contribution is 6.11. The van der Waals surface area contributed by atoms with Crippen LogP contribution < -0.4 is 0 Å². The minimum atomic E-state index is 0.339. The van der Waals surface area contributed by atoms with E-state index in [-0.39, 0.29) is 0 Å². The highest BCUT2D eigenvalue weighted by Gasteiger charge is 2.19. The van der Waals surface area contributed by atoms with Gasteiger partial charge in [0.25, 0.3) is 0 Å². The summed E-state index contributed by atoms with van der Waals surface area (Å²) in [6.07, 6.45) is 8.06. The summed E-state index contributed by atoms with van der Waals surface area (Å²) in [5.74, 6) is 0.339. The number of H-pyrrole nitrogens is 2. The molecule has 2 nitrogen and oxygen atoms in total. The molecular weight excluding hydrogens is 388 g/mol. The van der Waals surface area contributed by atoms with Crippen LogP contribution in [0.2, 0.25) is 0 Å². The lowest BCUT2D eigenvalue weighted by Crippen LogP contribution is -2.00. The van der Waals surface area contributed by atoms with E-state index in [0.29, 0.717) is 5.92 Å². The molecule has 0 radical (unpaired) electrons. The number of rotatable bonds is 2. The number of para-hydroxylation sites is 4. The van der Waals surface area contributed by atoms with Crippen molar-refractivity contribution >= 4 is 49.2 Å². The average molecular weight is 411 g/mol. The van der Waals surface area contributed by atoms with Crippen molar-refractivity contribution in [1.29, 1.82) is 0 Å². The Hall–Kier alpha value is -4.04. The maximum absolute atomic E-state index is 3.69. The fourth-order valence-electron chi connectivity index (χ4n) is 5.40. The number of fused-ring (bicyclic) bond motifs is 6. The Kier molecular flexibility index (Phi) is 3.71. The maximum Gasteiger partial charge on any atom is 0.0544 e. The molecule has 0 amide bonds. The molecule has 4 aromatic carbocycles. The van der Waals surface area contributed by atoms with Gasteiger partial charge in [0.05, 0.1) is 11.0 Å². The van der Waals surface area contributed by atoms with E-state index < -0.39 is 0 Å². The minimum Gasteiger partial charge on any atom is -0.354 e. The van der Waals surface area contributed by atoms with Crippen LogP contribution in [0.1, 0.15) is 23.5 Å². The van der Waals surface area contributed by atoms with Crippen molar-refractivity contribution in [1.82, 2.24) is 9.97 Å². The second-order valence-corrected chi connectivity index (χ2v) is 8.71. The van der Waals surface area contributed by atoms with E-state index in [1.54, 1.807) is 0 Å². The lowest BCUT2D eigenvalue weighted by molar-refractivity contribution is 0.863. The third-order valence-electron chi connectivity index (χ3n) is 6.89. The monoisotopic (exact) mass is 410 g/mol. The fourth-order valence-corrected chi connectivity index (χ4v) is 5.40. The largest absolute Gasteiger partial charge is 0.354 e. The molecule has 2 N–H and O–H groups in total. The van der Waals surface area contributed by atoms with Gasteiger partial charge in [0.15, 0.2) is 0 Å². The number of hydrogen-bond donors (Lipinski definition) is 2. The summed E-state index contributed by atoms with van der Waals surface area (Å²) in [6, 6.07) is 30.5. The van der Waals surface area contributed by atoms with Crippen molar-refractivity contribution in [2.75, 3.05) is 0 Å². The van der Waals surface area contributed by atoms with E-state index in [2.05, 4.69) is 113 Å². The Balaban J connectivity index is 1.40. The molecular formula is C30H22N2. The van der Waals surface area contributed by atoms with Crippen LogP contribution in [0, 0.1) is 0 Å². The summed E-state index contributed by atoms with van der Waals surface area (Å²) >= 11 is 0. The summed E-state index contributed by atoms with van der Waals surface area (Å²) in [5, 5.41) is 5.17. The summed E-state index contributed by atoms with van der Waals surface area (Å²) in [5.41, 5.74) is 8.78. The molecule has 0 saturated carbocycles. The van der Waals surface area contributed by atoms with E-state index in [9.17, 15) is 0 Å². The molecule has 2 aromatic heterocycles. The van der Waals surface area contributed by atoms with Crippen LogP contribution in [0.4, 0.5) is 0 Å². The molecule has 2 heteroatoms. The Labute approximate surface area is 185 Å².